The number of aromatic amines is 1. The van der Waals surface area contributed by atoms with Crippen LogP contribution < -0.4 is 9.91 Å². The Balaban J connectivity index is 0.894. The Bertz CT molecular complexity index is 3710. The van der Waals surface area contributed by atoms with E-state index in [2.05, 4.69) is 46.3 Å². The Morgan fingerprint density at radius 3 is 1.63 bits per heavy atom. The number of benzene rings is 5. The molecule has 8 rings (SSSR count). The van der Waals surface area contributed by atoms with Gasteiger partial charge in [-0.2, -0.15) is 26.9 Å². The fourth-order valence-electron chi connectivity index (χ4n) is 12.7. The quantitative estimate of drug-likeness (QED) is 0.0208. The number of H-pyrrole nitrogens is 1. The Hall–Kier alpha value is -6.47. The SMILES string of the molecule is CCCCCCCCCCCCCCCCCCn1c(-c2ccc3c(CCN(CC)c4ccc(N=C5C(=O)N(c6nc7ccc(S(=O)(=O)O)cc7[nH]6)N=C5CCCCCCCCCCCCCCCCC)cc4)cccc3c2O)nc2cc(S(=O)(=O)O)ccc21. The van der Waals surface area contributed by atoms with E-state index in [9.17, 15) is 35.8 Å². The molecule has 1 aliphatic rings. The van der Waals surface area contributed by atoms with Gasteiger partial charge in [-0.25, -0.2) is 15.0 Å². The zero-order valence-electron chi connectivity index (χ0n) is 53.9. The highest BCUT2D eigenvalue weighted by Crippen LogP contribution is 2.39. The highest BCUT2D eigenvalue weighted by Gasteiger charge is 2.35. The molecule has 7 aromatic rings. The Labute approximate surface area is 536 Å². The third-order valence-corrected chi connectivity index (χ3v) is 19.7. The average Bonchev–Trinajstić information content (AvgIpc) is 1.79. The summed E-state index contributed by atoms with van der Waals surface area (Å²) in [5.41, 5.74) is 5.84. The van der Waals surface area contributed by atoms with Gasteiger partial charge < -0.3 is 19.6 Å². The summed E-state index contributed by atoms with van der Waals surface area (Å²) in [5.74, 6) is 0.299. The van der Waals surface area contributed by atoms with Crippen molar-refractivity contribution in [2.75, 3.05) is 23.0 Å². The summed E-state index contributed by atoms with van der Waals surface area (Å²) in [4.78, 5) is 33.5. The summed E-state index contributed by atoms with van der Waals surface area (Å²) >= 11 is 0. The fraction of sp³-hybridized carbons (Fsp3) is 0.542. The molecule has 5 aromatic carbocycles. The molecule has 0 saturated carbocycles. The van der Waals surface area contributed by atoms with Crippen LogP contribution in [0.15, 0.2) is 111 Å². The molecule has 90 heavy (non-hydrogen) atoms. The maximum absolute atomic E-state index is 14.3. The van der Waals surface area contributed by atoms with Crippen LogP contribution in [0.3, 0.4) is 0 Å². The first-order chi connectivity index (χ1) is 43.7. The molecule has 1 aliphatic heterocycles. The van der Waals surface area contributed by atoms with E-state index < -0.39 is 26.1 Å². The van der Waals surface area contributed by atoms with Crippen molar-refractivity contribution in [1.29, 1.82) is 0 Å². The number of rotatable bonds is 43. The number of phenolic OH excluding ortho intramolecular Hbond substituents is 1. The van der Waals surface area contributed by atoms with Crippen LogP contribution in [0.25, 0.3) is 44.2 Å². The number of imidazole rings is 2. The summed E-state index contributed by atoms with van der Waals surface area (Å²) in [7, 11) is -8.92. The molecular weight excluding hydrogens is 1170 g/mol. The molecular formula is C72H100N8O8S2. The number of fused-ring (bicyclic) bond motifs is 3. The molecule has 18 heteroatoms. The number of aryl methyl sites for hydroxylation is 1. The van der Waals surface area contributed by atoms with Gasteiger partial charge in [0.1, 0.15) is 11.6 Å². The van der Waals surface area contributed by atoms with Gasteiger partial charge in [-0.15, -0.1) is 0 Å². The van der Waals surface area contributed by atoms with Gasteiger partial charge in [-0.1, -0.05) is 224 Å². The fourth-order valence-corrected chi connectivity index (χ4v) is 13.7. The first kappa shape index (κ1) is 69.4. The van der Waals surface area contributed by atoms with Crippen LogP contribution in [0.1, 0.15) is 232 Å². The van der Waals surface area contributed by atoms with Crippen LogP contribution in [0.4, 0.5) is 17.3 Å². The highest BCUT2D eigenvalue weighted by molar-refractivity contribution is 7.86. The lowest BCUT2D eigenvalue weighted by molar-refractivity contribution is -0.112. The second-order valence-electron chi connectivity index (χ2n) is 24.9. The molecule has 0 fully saturated rings. The van der Waals surface area contributed by atoms with Crippen LogP contribution in [0.2, 0.25) is 0 Å². The normalized spacial score (nSPS) is 13.5. The number of aliphatic imine (C=N–C) groups is 1. The van der Waals surface area contributed by atoms with Crippen molar-refractivity contribution in [1.82, 2.24) is 19.5 Å². The lowest BCUT2D eigenvalue weighted by Crippen LogP contribution is -2.28. The summed E-state index contributed by atoms with van der Waals surface area (Å²) in [6, 6.07) is 26.2. The molecule has 0 spiro atoms. The van der Waals surface area contributed by atoms with Gasteiger partial charge in [0.25, 0.3) is 20.2 Å². The minimum atomic E-state index is -4.46. The number of amides is 1. The maximum Gasteiger partial charge on any atom is 0.301 e. The standard InChI is InChI=1S/C72H100N8O8S2/c1-4-7-9-11-13-15-17-19-21-23-25-27-29-31-33-35-51-79-67-49-45-59(90(86,87)88)54-66(67)74-70(79)62-47-46-60-55(37-36-38-61(60)69(62)81)50-52-78(6-3)57-42-40-56(41-43-57)73-68-64(39-34-32-30-28-26-24-22-20-18-16-14-12-10-8-5-2)77-80(71(68)82)72-75-63-48-44-58(89(83,84)85)53-65(63)76-72/h36-38,40-49,53-54,81H,4-35,39,50-52H2,1-3H3,(H,75,76)(H,83,84,85)(H,86,87,88). The first-order valence-corrected chi connectivity index (χ1v) is 37.1. The van der Waals surface area contributed by atoms with E-state index in [1.807, 2.05) is 48.5 Å². The van der Waals surface area contributed by atoms with Crippen molar-refractivity contribution >= 4 is 87.7 Å². The topological polar surface area (TPSA) is 224 Å². The Morgan fingerprint density at radius 1 is 0.544 bits per heavy atom. The Morgan fingerprint density at radius 2 is 1.08 bits per heavy atom. The Kier molecular flexibility index (Phi) is 27.3. The number of carbonyl (C=O) groups excluding carboxylic acids is 1. The summed E-state index contributed by atoms with van der Waals surface area (Å²) in [6.45, 7) is 8.66. The van der Waals surface area contributed by atoms with Gasteiger partial charge in [-0.05, 0) is 110 Å². The maximum atomic E-state index is 14.3. The first-order valence-electron chi connectivity index (χ1n) is 34.2. The van der Waals surface area contributed by atoms with Gasteiger partial charge >= 0.3 is 5.91 Å². The zero-order chi connectivity index (χ0) is 63.7. The molecule has 16 nitrogen and oxygen atoms in total. The summed E-state index contributed by atoms with van der Waals surface area (Å²) < 4.78 is 70.0. The summed E-state index contributed by atoms with van der Waals surface area (Å²) in [5, 5.41) is 19.7. The van der Waals surface area contributed by atoms with Crippen molar-refractivity contribution in [3.8, 4) is 17.1 Å². The van der Waals surface area contributed by atoms with E-state index in [4.69, 9.17) is 15.1 Å². The zero-order valence-corrected chi connectivity index (χ0v) is 55.6. The number of likely N-dealkylation sites (N-methyl/N-ethyl adjacent to an activating group) is 1. The third-order valence-electron chi connectivity index (χ3n) is 18.0. The van der Waals surface area contributed by atoms with E-state index in [1.54, 1.807) is 6.07 Å². The molecule has 0 unspecified atom stereocenters. The number of nitrogens with one attached hydrogen (secondary N) is 1. The largest absolute Gasteiger partial charge is 0.507 e. The molecule has 0 saturated heterocycles. The number of carbonyl (C=O) groups is 1. The predicted octanol–water partition coefficient (Wildman–Crippen LogP) is 19.0. The number of aromatic nitrogens is 4. The van der Waals surface area contributed by atoms with Crippen LogP contribution in [-0.4, -0.2) is 81.0 Å². The summed E-state index contributed by atoms with van der Waals surface area (Å²) in [6.07, 6.45) is 40.1. The van der Waals surface area contributed by atoms with Crippen molar-refractivity contribution < 1.29 is 35.8 Å². The van der Waals surface area contributed by atoms with E-state index in [0.717, 1.165) is 67.2 Å². The van der Waals surface area contributed by atoms with Gasteiger partial charge in [0.15, 0.2) is 5.71 Å². The molecule has 488 valence electrons. The van der Waals surface area contributed by atoms with Crippen molar-refractivity contribution in [2.24, 2.45) is 10.1 Å². The van der Waals surface area contributed by atoms with Gasteiger partial charge in [-0.3, -0.25) is 13.9 Å². The molecule has 1 amide bonds. The van der Waals surface area contributed by atoms with E-state index in [-0.39, 0.29) is 27.2 Å². The van der Waals surface area contributed by atoms with Crippen LogP contribution in [0, 0.1) is 0 Å². The van der Waals surface area contributed by atoms with E-state index in [1.165, 1.54) is 196 Å². The van der Waals surface area contributed by atoms with E-state index in [0.29, 0.717) is 70.7 Å². The van der Waals surface area contributed by atoms with Crippen molar-refractivity contribution in [2.45, 2.75) is 249 Å². The lowest BCUT2D eigenvalue weighted by Gasteiger charge is -2.24. The monoisotopic (exact) mass is 1270 g/mol. The number of aromatic hydroxyl groups is 1. The third kappa shape index (κ3) is 20.0. The van der Waals surface area contributed by atoms with E-state index >= 15 is 0 Å². The molecule has 0 radical (unpaired) electrons. The number of hydrogen-bond donors (Lipinski definition) is 4. The van der Waals surface area contributed by atoms with Crippen molar-refractivity contribution in [3.05, 3.63) is 96.6 Å². The molecule has 0 atom stereocenters. The number of hydrogen-bond acceptors (Lipinski definition) is 11. The average molecular weight is 1270 g/mol. The second-order valence-corrected chi connectivity index (χ2v) is 27.7. The minimum absolute atomic E-state index is 0.0937. The molecule has 2 aromatic heterocycles. The molecule has 0 aliphatic carbocycles. The van der Waals surface area contributed by atoms with Gasteiger partial charge in [0.2, 0.25) is 5.95 Å². The smallest absolute Gasteiger partial charge is 0.301 e. The second kappa shape index (κ2) is 35.4. The number of unbranched alkanes of at least 4 members (excludes halogenated alkanes) is 29. The van der Waals surface area contributed by atoms with Crippen LogP contribution >= 0.6 is 0 Å². The highest BCUT2D eigenvalue weighted by atomic mass is 32.2. The molecule has 0 bridgehead atoms. The van der Waals surface area contributed by atoms with Gasteiger partial charge in [0.05, 0.1) is 48.8 Å². The lowest BCUT2D eigenvalue weighted by atomic mass is 9.98. The number of hydrazone groups is 1. The van der Waals surface area contributed by atoms with Crippen molar-refractivity contribution in [3.63, 3.8) is 0 Å². The number of anilines is 2. The minimum Gasteiger partial charge on any atom is -0.507 e. The molecule has 4 N–H and O–H groups in total. The van der Waals surface area contributed by atoms with Crippen LogP contribution in [0.5, 0.6) is 5.75 Å². The molecule has 3 heterocycles. The van der Waals surface area contributed by atoms with Gasteiger partial charge in [0, 0.05) is 30.7 Å². The predicted molar refractivity (Wildman–Crippen MR) is 369 cm³/mol. The van der Waals surface area contributed by atoms with Crippen LogP contribution in [-0.2, 0) is 38.0 Å². The number of phenols is 1. The number of nitrogens with zero attached hydrogens (tertiary/aromatic N) is 7.